The second-order valence-electron chi connectivity index (χ2n) is 7.25. The lowest BCUT2D eigenvalue weighted by Crippen LogP contribution is -2.36. The van der Waals surface area contributed by atoms with Crippen LogP contribution in [0.1, 0.15) is 15.9 Å². The molecule has 3 aromatic rings. The van der Waals surface area contributed by atoms with Crippen LogP contribution in [0, 0.1) is 5.92 Å². The van der Waals surface area contributed by atoms with Crippen LogP contribution in [0.3, 0.4) is 0 Å². The van der Waals surface area contributed by atoms with Crippen LogP contribution < -0.4 is 0 Å². The standard InChI is InChI=1S/C21H23N5O/c1-25-6-7-26(21(27)19-11-22-15-23-12-19)14-17(13-25)8-16-9-18-4-2-3-5-20(18)24-10-16/h2-5,9-12,15,17H,6-8,13-14H2,1H3. The smallest absolute Gasteiger partial charge is 0.257 e. The molecule has 0 radical (unpaired) electrons. The van der Waals surface area contributed by atoms with E-state index in [1.165, 1.54) is 11.9 Å². The molecule has 0 aliphatic carbocycles. The van der Waals surface area contributed by atoms with Crippen molar-refractivity contribution in [2.75, 3.05) is 33.2 Å². The molecule has 1 atom stereocenters. The van der Waals surface area contributed by atoms with Crippen molar-refractivity contribution in [3.63, 3.8) is 0 Å². The van der Waals surface area contributed by atoms with E-state index in [1.807, 2.05) is 29.3 Å². The minimum atomic E-state index is 0.00698. The largest absolute Gasteiger partial charge is 0.337 e. The van der Waals surface area contributed by atoms with E-state index in [9.17, 15) is 4.79 Å². The number of carbonyl (C=O) groups is 1. The molecule has 0 spiro atoms. The predicted molar refractivity (Wildman–Crippen MR) is 104 cm³/mol. The van der Waals surface area contributed by atoms with Crippen molar-refractivity contribution < 1.29 is 4.79 Å². The first kappa shape index (κ1) is 17.5. The third kappa shape index (κ3) is 4.11. The van der Waals surface area contributed by atoms with Gasteiger partial charge < -0.3 is 9.80 Å². The Bertz CT molecular complexity index is 930. The number of hydrogen-bond acceptors (Lipinski definition) is 5. The topological polar surface area (TPSA) is 62.2 Å². The van der Waals surface area contributed by atoms with E-state index in [0.717, 1.165) is 43.5 Å². The lowest BCUT2D eigenvalue weighted by Gasteiger charge is -2.24. The Morgan fingerprint density at radius 1 is 1.11 bits per heavy atom. The van der Waals surface area contributed by atoms with Crippen LogP contribution in [0.5, 0.6) is 0 Å². The molecule has 6 heteroatoms. The van der Waals surface area contributed by atoms with Crippen LogP contribution in [-0.4, -0.2) is 63.9 Å². The van der Waals surface area contributed by atoms with Gasteiger partial charge in [0.25, 0.3) is 5.91 Å². The monoisotopic (exact) mass is 361 g/mol. The number of fused-ring (bicyclic) bond motifs is 1. The molecule has 0 saturated carbocycles. The van der Waals surface area contributed by atoms with Crippen LogP contribution in [-0.2, 0) is 6.42 Å². The lowest BCUT2D eigenvalue weighted by molar-refractivity contribution is 0.0745. The second kappa shape index (κ2) is 7.80. The van der Waals surface area contributed by atoms with Gasteiger partial charge in [-0.05, 0) is 37.1 Å². The van der Waals surface area contributed by atoms with Crippen LogP contribution in [0.2, 0.25) is 0 Å². The predicted octanol–water partition coefficient (Wildman–Crippen LogP) is 2.27. The number of benzene rings is 1. The van der Waals surface area contributed by atoms with Gasteiger partial charge in [0.1, 0.15) is 6.33 Å². The zero-order valence-corrected chi connectivity index (χ0v) is 15.5. The molecule has 1 aliphatic rings. The van der Waals surface area contributed by atoms with E-state index < -0.39 is 0 Å². The molecule has 0 N–H and O–H groups in total. The Kier molecular flexibility index (Phi) is 5.07. The highest BCUT2D eigenvalue weighted by molar-refractivity contribution is 5.93. The van der Waals surface area contributed by atoms with Gasteiger partial charge in [-0.15, -0.1) is 0 Å². The SMILES string of the molecule is CN1CCN(C(=O)c2cncnc2)CC(Cc2cnc3ccccc3c2)C1. The van der Waals surface area contributed by atoms with Gasteiger partial charge in [-0.3, -0.25) is 9.78 Å². The van der Waals surface area contributed by atoms with Gasteiger partial charge in [-0.25, -0.2) is 9.97 Å². The third-order valence-corrected chi connectivity index (χ3v) is 5.07. The van der Waals surface area contributed by atoms with Crippen molar-refractivity contribution in [2.45, 2.75) is 6.42 Å². The first-order valence-corrected chi connectivity index (χ1v) is 9.25. The summed E-state index contributed by atoms with van der Waals surface area (Å²) in [5.74, 6) is 0.363. The minimum absolute atomic E-state index is 0.00698. The Hall–Kier alpha value is -2.86. The maximum atomic E-state index is 12.8. The fraction of sp³-hybridized carbons (Fsp3) is 0.333. The molecule has 138 valence electrons. The molecule has 3 heterocycles. The Labute approximate surface area is 158 Å². The van der Waals surface area contributed by atoms with Crippen molar-refractivity contribution in [1.29, 1.82) is 0 Å². The highest BCUT2D eigenvalue weighted by atomic mass is 16.2. The number of hydrogen-bond donors (Lipinski definition) is 0. The van der Waals surface area contributed by atoms with Gasteiger partial charge in [-0.1, -0.05) is 18.2 Å². The van der Waals surface area contributed by atoms with E-state index in [2.05, 4.69) is 39.0 Å². The number of nitrogens with zero attached hydrogens (tertiary/aromatic N) is 5. The highest BCUT2D eigenvalue weighted by Gasteiger charge is 2.25. The van der Waals surface area contributed by atoms with Crippen LogP contribution in [0.15, 0.2) is 55.2 Å². The summed E-state index contributed by atoms with van der Waals surface area (Å²) in [5.41, 5.74) is 2.78. The molecule has 1 saturated heterocycles. The zero-order valence-electron chi connectivity index (χ0n) is 15.5. The summed E-state index contributed by atoms with van der Waals surface area (Å²) in [6.07, 6.45) is 7.49. The Morgan fingerprint density at radius 3 is 2.78 bits per heavy atom. The summed E-state index contributed by atoms with van der Waals surface area (Å²) in [5, 5.41) is 1.16. The summed E-state index contributed by atoms with van der Waals surface area (Å²) < 4.78 is 0. The molecule has 1 fully saturated rings. The van der Waals surface area contributed by atoms with Gasteiger partial charge in [0.15, 0.2) is 0 Å². The average Bonchev–Trinajstić information content (AvgIpc) is 2.89. The van der Waals surface area contributed by atoms with Gasteiger partial charge in [0.2, 0.25) is 0 Å². The molecule has 1 unspecified atom stereocenters. The summed E-state index contributed by atoms with van der Waals surface area (Å²) in [7, 11) is 2.12. The Morgan fingerprint density at radius 2 is 1.93 bits per heavy atom. The first-order valence-electron chi connectivity index (χ1n) is 9.25. The molecule has 0 bridgehead atoms. The van der Waals surface area contributed by atoms with E-state index in [1.54, 1.807) is 12.4 Å². The van der Waals surface area contributed by atoms with Crippen molar-refractivity contribution in [1.82, 2.24) is 24.8 Å². The van der Waals surface area contributed by atoms with Gasteiger partial charge in [-0.2, -0.15) is 0 Å². The van der Waals surface area contributed by atoms with Gasteiger partial charge in [0, 0.05) is 50.2 Å². The average molecular weight is 361 g/mol. The second-order valence-corrected chi connectivity index (χ2v) is 7.25. The number of aromatic nitrogens is 3. The third-order valence-electron chi connectivity index (χ3n) is 5.07. The highest BCUT2D eigenvalue weighted by Crippen LogP contribution is 2.19. The summed E-state index contributed by atoms with van der Waals surface area (Å²) in [4.78, 5) is 29.6. The molecule has 1 aromatic carbocycles. The zero-order chi connectivity index (χ0) is 18.6. The van der Waals surface area contributed by atoms with Crippen molar-refractivity contribution in [3.8, 4) is 0 Å². The number of pyridine rings is 1. The van der Waals surface area contributed by atoms with E-state index in [4.69, 9.17) is 0 Å². The minimum Gasteiger partial charge on any atom is -0.337 e. The summed E-state index contributed by atoms with van der Waals surface area (Å²) in [6, 6.07) is 10.4. The number of carbonyl (C=O) groups excluding carboxylic acids is 1. The molecule has 2 aromatic heterocycles. The van der Waals surface area contributed by atoms with Crippen LogP contribution in [0.25, 0.3) is 10.9 Å². The van der Waals surface area contributed by atoms with Gasteiger partial charge >= 0.3 is 0 Å². The number of rotatable bonds is 3. The normalized spacial score (nSPS) is 18.4. The van der Waals surface area contributed by atoms with E-state index in [-0.39, 0.29) is 5.91 Å². The van der Waals surface area contributed by atoms with Gasteiger partial charge in [0.05, 0.1) is 11.1 Å². The molecule has 1 aliphatic heterocycles. The maximum Gasteiger partial charge on any atom is 0.257 e. The molecule has 1 amide bonds. The maximum absolute atomic E-state index is 12.8. The summed E-state index contributed by atoms with van der Waals surface area (Å²) >= 11 is 0. The quantitative estimate of drug-likeness (QED) is 0.716. The molecule has 27 heavy (non-hydrogen) atoms. The van der Waals surface area contributed by atoms with Crippen molar-refractivity contribution in [2.24, 2.45) is 5.92 Å². The first-order chi connectivity index (χ1) is 13.2. The summed E-state index contributed by atoms with van der Waals surface area (Å²) in [6.45, 7) is 3.27. The number of para-hydroxylation sites is 1. The Balaban J connectivity index is 1.52. The fourth-order valence-corrected chi connectivity index (χ4v) is 3.75. The molecule has 6 nitrogen and oxygen atoms in total. The molecule has 4 rings (SSSR count). The van der Waals surface area contributed by atoms with E-state index >= 15 is 0 Å². The number of amides is 1. The molecular weight excluding hydrogens is 338 g/mol. The van der Waals surface area contributed by atoms with Crippen molar-refractivity contribution in [3.05, 3.63) is 66.4 Å². The van der Waals surface area contributed by atoms with E-state index in [0.29, 0.717) is 11.5 Å². The number of likely N-dealkylation sites (N-methyl/N-ethyl adjacent to an activating group) is 1. The molecular formula is C21H23N5O. The van der Waals surface area contributed by atoms with Crippen molar-refractivity contribution >= 4 is 16.8 Å². The van der Waals surface area contributed by atoms with Crippen LogP contribution >= 0.6 is 0 Å². The lowest BCUT2D eigenvalue weighted by atomic mass is 9.98. The fourth-order valence-electron chi connectivity index (χ4n) is 3.75. The van der Waals surface area contributed by atoms with Crippen LogP contribution in [0.4, 0.5) is 0 Å².